The molecule has 26 heteroatoms. The predicted octanol–water partition coefficient (Wildman–Crippen LogP) is 24.3. The number of pyridine rings is 5. The third kappa shape index (κ3) is 25.1. The Morgan fingerprint density at radius 2 is 0.986 bits per heavy atom. The lowest BCUT2D eigenvalue weighted by atomic mass is 9.98. The monoisotopic (exact) mass is 1950 g/mol. The Kier molecular flexibility index (Phi) is 34.8. The number of aryl methyl sites for hydroxylation is 3. The number of hydrogen-bond acceptors (Lipinski definition) is 16. The molecule has 0 fully saturated rings. The third-order valence-electron chi connectivity index (χ3n) is 26.4. The van der Waals surface area contributed by atoms with E-state index in [1.54, 1.807) is 88.9 Å². The average Bonchev–Trinajstić information content (AvgIpc) is 1.57. The molecule has 754 valence electrons. The summed E-state index contributed by atoms with van der Waals surface area (Å²) in [7, 11) is 11.5. The molecule has 0 unspecified atom stereocenters. The van der Waals surface area contributed by atoms with E-state index in [0.29, 0.717) is 108 Å². The molecule has 0 saturated carbocycles. The van der Waals surface area contributed by atoms with Gasteiger partial charge in [0, 0.05) is 178 Å². The Morgan fingerprint density at radius 3 is 1.50 bits per heavy atom. The molecule has 0 atom stereocenters. The standard InChI is InChI=1S/C24H31N3O2.C21H25N3O2.C21H24N2O2.2C18H18N2O2.C17H20N2O2/c1-16(2)22-14-21(29-11-10-26(5)6)12-19-13-23(18(4)28)27(24(19)22)15-20-9-7-8-17(3)25-20;1-14(2)17-10-16(23(3)9-7-15-6-5-8-22-12-15)11-18-19(21(25)26)13-24(4)20(17)18;1-13(2)19-11-18(25-5)9-16-10-20(15(4)24)23(21(16)19)12-17-8-14(3)6-7-22-17;1-12(2)16-11-20(10-13-4-3-7-19-9-13)17-6-5-14(18(21)22)8-15(16)17;1-12(2)16-11-20(10-14-5-3-4-8-19-14)17-7-6-13(18(21)22)9-15(16)17;1-10(2)12-6-5-7-13-14(11(3)20)16-17(21)18(4)8-9-19(16)15(12)13/h7-9,12-14,16H,10-11,15H2,1-6H3;5-6,8,10-14H,7,9H2,1-4H3,(H,25,26);6-11,13H,12H2,1-5H3;2*3-9,11-12H,10H2,1-2H3,(H,21,22);5-7,10H,8-9H2,1-4H3. The van der Waals surface area contributed by atoms with Crippen LogP contribution in [0.5, 0.6) is 11.5 Å². The van der Waals surface area contributed by atoms with Gasteiger partial charge in [0.25, 0.3) is 5.91 Å². The van der Waals surface area contributed by atoms with Crippen molar-refractivity contribution in [2.45, 2.75) is 192 Å². The van der Waals surface area contributed by atoms with Gasteiger partial charge in [-0.25, -0.2) is 14.4 Å². The summed E-state index contributed by atoms with van der Waals surface area (Å²) in [5.74, 6) is 0.935. The van der Waals surface area contributed by atoms with Crippen LogP contribution in [-0.2, 0) is 46.2 Å². The van der Waals surface area contributed by atoms with Gasteiger partial charge in [-0.2, -0.15) is 0 Å². The maximum absolute atomic E-state index is 12.5. The molecule has 3 N–H and O–H groups in total. The van der Waals surface area contributed by atoms with E-state index in [1.807, 2.05) is 178 Å². The lowest BCUT2D eigenvalue weighted by molar-refractivity contribution is 0.0686. The SMILES string of the molecule is CC(=O)c1c2n(c3c(C(C)C)cccc13)CCN(C)C2=O.CC(=O)c1cc2cc(OCCN(C)C)cc(C(C)C)c2n1Cc1cccc(C)n1.CC(C)c1cc(N(C)CCc2cccnc2)cc2c(C(=O)O)cn(C)c12.CC(C)c1cn(Cc2ccccn2)c2ccc(C(=O)O)cc12.CC(C)c1cn(Cc2cccnc2)c2ccc(C(=O)O)cc12.COc1cc(C(C)C)c2c(c1)cc(C(C)=O)n2Cc1cc(C)ccn1. The zero-order chi connectivity index (χ0) is 105. The lowest BCUT2D eigenvalue weighted by Crippen LogP contribution is -2.37. The first-order valence-electron chi connectivity index (χ1n) is 49.5. The average molecular weight is 1950 g/mol. The highest BCUT2D eigenvalue weighted by atomic mass is 16.5. The van der Waals surface area contributed by atoms with E-state index in [-0.39, 0.29) is 23.3 Å². The number of hydrogen-bond donors (Lipinski definition) is 3. The smallest absolute Gasteiger partial charge is 0.337 e. The molecule has 0 radical (unpaired) electrons. The summed E-state index contributed by atoms with van der Waals surface area (Å²) in [4.78, 5) is 111. The number of aromatic carboxylic acids is 3. The number of ketones is 3. The third-order valence-corrected chi connectivity index (χ3v) is 26.4. The molecule has 18 rings (SSSR count). The van der Waals surface area contributed by atoms with Crippen molar-refractivity contribution in [2.24, 2.45) is 7.05 Å². The minimum Gasteiger partial charge on any atom is -0.497 e. The van der Waals surface area contributed by atoms with Crippen molar-refractivity contribution in [3.8, 4) is 11.5 Å². The van der Waals surface area contributed by atoms with Crippen molar-refractivity contribution in [1.29, 1.82) is 0 Å². The van der Waals surface area contributed by atoms with Gasteiger partial charge in [0.1, 0.15) is 23.8 Å². The van der Waals surface area contributed by atoms with Gasteiger partial charge in [-0.05, 0) is 260 Å². The van der Waals surface area contributed by atoms with Crippen LogP contribution in [0.4, 0.5) is 5.69 Å². The normalized spacial score (nSPS) is 11.8. The molecular weight excluding hydrogens is 1820 g/mol. The second kappa shape index (κ2) is 47.2. The van der Waals surface area contributed by atoms with Gasteiger partial charge in [0.05, 0.1) is 99.5 Å². The van der Waals surface area contributed by atoms with Crippen molar-refractivity contribution in [1.82, 2.24) is 62.1 Å². The number of aromatic nitrogens is 11. The van der Waals surface area contributed by atoms with Gasteiger partial charge >= 0.3 is 17.9 Å². The Hall–Kier alpha value is -15.4. The highest BCUT2D eigenvalue weighted by Gasteiger charge is 2.33. The molecule has 1 aliphatic heterocycles. The number of likely N-dealkylation sites (N-methyl/N-ethyl adjacent to an activating group) is 3. The molecule has 11 aromatic heterocycles. The zero-order valence-corrected chi connectivity index (χ0v) is 87.8. The Morgan fingerprint density at radius 1 is 0.448 bits per heavy atom. The van der Waals surface area contributed by atoms with E-state index in [0.717, 1.165) is 155 Å². The topological polar surface area (TPSA) is 302 Å². The second-order valence-electron chi connectivity index (χ2n) is 39.6. The van der Waals surface area contributed by atoms with Gasteiger partial charge in [-0.3, -0.25) is 44.1 Å². The minimum absolute atomic E-state index is 0.0432. The highest BCUT2D eigenvalue weighted by Crippen LogP contribution is 2.41. The van der Waals surface area contributed by atoms with Crippen LogP contribution in [0, 0.1) is 13.8 Å². The maximum Gasteiger partial charge on any atom is 0.337 e. The minimum atomic E-state index is -0.894. The first-order chi connectivity index (χ1) is 69.1. The molecule has 0 saturated heterocycles. The van der Waals surface area contributed by atoms with Gasteiger partial charge in [-0.15, -0.1) is 0 Å². The van der Waals surface area contributed by atoms with E-state index in [4.69, 9.17) is 9.47 Å². The van der Waals surface area contributed by atoms with E-state index in [1.165, 1.54) is 33.4 Å². The Bertz CT molecular complexity index is 7440. The highest BCUT2D eigenvalue weighted by molar-refractivity contribution is 6.17. The molecule has 12 heterocycles. The first kappa shape index (κ1) is 107. The number of carboxylic acid groups (broad SMARTS) is 3. The van der Waals surface area contributed by atoms with Crippen LogP contribution in [-0.4, -0.2) is 180 Å². The van der Waals surface area contributed by atoms with Crippen LogP contribution in [0.1, 0.15) is 285 Å². The molecule has 145 heavy (non-hydrogen) atoms. The summed E-state index contributed by atoms with van der Waals surface area (Å²) in [5.41, 5.74) is 25.3. The maximum atomic E-state index is 12.5. The number of carbonyl (C=O) groups is 7. The summed E-state index contributed by atoms with van der Waals surface area (Å²) in [5, 5.41) is 33.8. The molecule has 1 aliphatic rings. The Balaban J connectivity index is 0.000000146. The first-order valence-corrected chi connectivity index (χ1v) is 49.5. The predicted molar refractivity (Wildman–Crippen MR) is 580 cm³/mol. The molecule has 0 aliphatic carbocycles. The van der Waals surface area contributed by atoms with Crippen LogP contribution >= 0.6 is 0 Å². The molecule has 1 amide bonds. The summed E-state index contributed by atoms with van der Waals surface area (Å²) in [6, 6.07) is 56.9. The van der Waals surface area contributed by atoms with Crippen LogP contribution in [0.2, 0.25) is 0 Å². The number of para-hydroxylation sites is 1. The molecule has 26 nitrogen and oxygen atoms in total. The number of benzene rings is 6. The molecule has 0 bridgehead atoms. The summed E-state index contributed by atoms with van der Waals surface area (Å²) < 4.78 is 23.9. The van der Waals surface area contributed by atoms with E-state index in [9.17, 15) is 48.9 Å². The number of rotatable bonds is 29. The fourth-order valence-electron chi connectivity index (χ4n) is 18.9. The number of amides is 1. The van der Waals surface area contributed by atoms with Crippen LogP contribution < -0.4 is 14.4 Å². The molecule has 17 aromatic rings. The quantitative estimate of drug-likeness (QED) is 0.0367. The summed E-state index contributed by atoms with van der Waals surface area (Å²) >= 11 is 0. The number of carboxylic acids is 3. The number of nitrogens with zero attached hydrogens (tertiary/aromatic N) is 14. The van der Waals surface area contributed by atoms with Gasteiger partial charge in [0.2, 0.25) is 0 Å². The van der Waals surface area contributed by atoms with Crippen molar-refractivity contribution in [3.63, 3.8) is 0 Å². The van der Waals surface area contributed by atoms with Crippen molar-refractivity contribution >= 4 is 112 Å². The lowest BCUT2D eigenvalue weighted by Gasteiger charge is -2.26. The summed E-state index contributed by atoms with van der Waals surface area (Å²) in [6.45, 7) is 40.8. The van der Waals surface area contributed by atoms with Crippen LogP contribution in [0.3, 0.4) is 0 Å². The summed E-state index contributed by atoms with van der Waals surface area (Å²) in [6.07, 6.45) is 17.7. The number of methoxy groups -OCH3 is 1. The van der Waals surface area contributed by atoms with Gasteiger partial charge < -0.3 is 66.9 Å². The van der Waals surface area contributed by atoms with Crippen molar-refractivity contribution in [2.75, 3.05) is 66.4 Å². The zero-order valence-electron chi connectivity index (χ0n) is 87.8. The fourth-order valence-corrected chi connectivity index (χ4v) is 18.9. The molecular formula is C119H136N14O12. The van der Waals surface area contributed by atoms with E-state index < -0.39 is 17.9 Å². The van der Waals surface area contributed by atoms with Crippen molar-refractivity contribution in [3.05, 3.63) is 344 Å². The molecule has 6 aromatic carbocycles. The van der Waals surface area contributed by atoms with Crippen molar-refractivity contribution < 1.29 is 58.4 Å². The number of fused-ring (bicyclic) bond motifs is 8. The number of anilines is 1. The number of Topliss-reactive ketones (excluding diaryl/α,β-unsaturated/α-hetero) is 3. The molecule has 0 spiro atoms. The fraction of sp³-hybridized carbons (Fsp3) is 0.328. The largest absolute Gasteiger partial charge is 0.497 e. The second-order valence-corrected chi connectivity index (χ2v) is 39.6. The van der Waals surface area contributed by atoms with Crippen LogP contribution in [0.15, 0.2) is 232 Å². The number of carbonyl (C=O) groups excluding carboxylic acids is 4. The van der Waals surface area contributed by atoms with E-state index in [2.05, 4.69) is 192 Å². The Labute approximate surface area is 849 Å². The van der Waals surface area contributed by atoms with Gasteiger partial charge in [-0.1, -0.05) is 126 Å². The number of ether oxygens (including phenoxy) is 2. The van der Waals surface area contributed by atoms with Crippen LogP contribution in [0.25, 0.3) is 65.4 Å². The van der Waals surface area contributed by atoms with E-state index >= 15 is 0 Å². The van der Waals surface area contributed by atoms with Gasteiger partial charge in [0.15, 0.2) is 17.3 Å².